The molecule has 7 heteroatoms. The number of nitrogens with one attached hydrogen (secondary N) is 3. The van der Waals surface area contributed by atoms with Crippen LogP contribution >= 0.6 is 0 Å². The van der Waals surface area contributed by atoms with E-state index in [1.165, 1.54) is 31.2 Å². The van der Waals surface area contributed by atoms with Crippen LogP contribution in [0.15, 0.2) is 48.5 Å². The van der Waals surface area contributed by atoms with Gasteiger partial charge in [-0.2, -0.15) is 0 Å². The fourth-order valence-electron chi connectivity index (χ4n) is 3.52. The number of anilines is 3. The SMILES string of the molecule is CC(=O)Nc1cccc(NC(=O)C2CCC(C(=O)Nc3ccc(F)cc3)CC2)c1. The first-order valence-electron chi connectivity index (χ1n) is 9.65. The maximum absolute atomic E-state index is 13.0. The molecule has 0 bridgehead atoms. The lowest BCUT2D eigenvalue weighted by molar-refractivity contribution is -0.125. The van der Waals surface area contributed by atoms with Gasteiger partial charge in [-0.05, 0) is 68.1 Å². The summed E-state index contributed by atoms with van der Waals surface area (Å²) < 4.78 is 13.0. The van der Waals surface area contributed by atoms with Gasteiger partial charge in [0.05, 0.1) is 0 Å². The zero-order chi connectivity index (χ0) is 20.8. The van der Waals surface area contributed by atoms with Crippen molar-refractivity contribution in [3.05, 3.63) is 54.3 Å². The smallest absolute Gasteiger partial charge is 0.227 e. The van der Waals surface area contributed by atoms with Gasteiger partial charge in [0.15, 0.2) is 0 Å². The van der Waals surface area contributed by atoms with E-state index in [-0.39, 0.29) is 35.4 Å². The Hall–Kier alpha value is -3.22. The average Bonchev–Trinajstić information content (AvgIpc) is 2.69. The second-order valence-corrected chi connectivity index (χ2v) is 7.30. The molecule has 0 heterocycles. The molecule has 1 fully saturated rings. The standard InChI is InChI=1S/C22H24FN3O3/c1-14(27)24-19-3-2-4-20(13-19)26-22(29)16-7-5-15(6-8-16)21(28)25-18-11-9-17(23)10-12-18/h2-4,9-13,15-16H,5-8H2,1H3,(H,24,27)(H,25,28)(H,26,29). The highest BCUT2D eigenvalue weighted by Crippen LogP contribution is 2.31. The lowest BCUT2D eigenvalue weighted by Crippen LogP contribution is -2.32. The lowest BCUT2D eigenvalue weighted by atomic mass is 9.81. The molecule has 0 spiro atoms. The number of amides is 3. The molecule has 3 amide bonds. The summed E-state index contributed by atoms with van der Waals surface area (Å²) in [5.41, 5.74) is 1.81. The van der Waals surface area contributed by atoms with Crippen LogP contribution in [0.25, 0.3) is 0 Å². The van der Waals surface area contributed by atoms with Gasteiger partial charge in [-0.1, -0.05) is 6.07 Å². The van der Waals surface area contributed by atoms with E-state index in [4.69, 9.17) is 0 Å². The first-order valence-corrected chi connectivity index (χ1v) is 9.65. The lowest BCUT2D eigenvalue weighted by Gasteiger charge is -2.27. The van der Waals surface area contributed by atoms with Gasteiger partial charge < -0.3 is 16.0 Å². The van der Waals surface area contributed by atoms with Gasteiger partial charge in [-0.3, -0.25) is 14.4 Å². The molecule has 1 aliphatic rings. The molecule has 1 aliphatic carbocycles. The Kier molecular flexibility index (Phi) is 6.59. The van der Waals surface area contributed by atoms with E-state index in [2.05, 4.69) is 16.0 Å². The molecule has 152 valence electrons. The second kappa shape index (κ2) is 9.32. The molecular formula is C22H24FN3O3. The van der Waals surface area contributed by atoms with Gasteiger partial charge in [0, 0.05) is 35.8 Å². The van der Waals surface area contributed by atoms with Crippen molar-refractivity contribution in [2.24, 2.45) is 11.8 Å². The predicted octanol–water partition coefficient (Wildman–Crippen LogP) is 4.17. The van der Waals surface area contributed by atoms with E-state index < -0.39 is 0 Å². The average molecular weight is 397 g/mol. The van der Waals surface area contributed by atoms with Gasteiger partial charge in [0.2, 0.25) is 17.7 Å². The largest absolute Gasteiger partial charge is 0.326 e. The number of carbonyl (C=O) groups excluding carboxylic acids is 3. The van der Waals surface area contributed by atoms with E-state index in [1.54, 1.807) is 24.3 Å². The molecule has 3 N–H and O–H groups in total. The summed E-state index contributed by atoms with van der Waals surface area (Å²) in [5.74, 6) is -1.02. The van der Waals surface area contributed by atoms with Crippen LogP contribution in [0.5, 0.6) is 0 Å². The zero-order valence-corrected chi connectivity index (χ0v) is 16.2. The monoisotopic (exact) mass is 397 g/mol. The summed E-state index contributed by atoms with van der Waals surface area (Å²) in [7, 11) is 0. The van der Waals surface area contributed by atoms with Crippen molar-refractivity contribution in [2.45, 2.75) is 32.6 Å². The molecule has 29 heavy (non-hydrogen) atoms. The number of carbonyl (C=O) groups is 3. The maximum atomic E-state index is 13.0. The minimum Gasteiger partial charge on any atom is -0.326 e. The maximum Gasteiger partial charge on any atom is 0.227 e. The molecule has 0 aliphatic heterocycles. The Labute approximate surface area is 168 Å². The van der Waals surface area contributed by atoms with E-state index in [0.29, 0.717) is 42.7 Å². The third-order valence-corrected chi connectivity index (χ3v) is 5.03. The van der Waals surface area contributed by atoms with Crippen LogP contribution in [0.4, 0.5) is 21.5 Å². The Morgan fingerprint density at radius 1 is 0.759 bits per heavy atom. The van der Waals surface area contributed by atoms with Gasteiger partial charge in [0.1, 0.15) is 5.82 Å². The van der Waals surface area contributed by atoms with E-state index in [0.717, 1.165) is 0 Å². The van der Waals surface area contributed by atoms with E-state index in [9.17, 15) is 18.8 Å². The molecule has 2 aromatic rings. The molecular weight excluding hydrogens is 373 g/mol. The van der Waals surface area contributed by atoms with Crippen molar-refractivity contribution in [2.75, 3.05) is 16.0 Å². The normalized spacial score (nSPS) is 18.6. The van der Waals surface area contributed by atoms with Crippen molar-refractivity contribution >= 4 is 34.8 Å². The van der Waals surface area contributed by atoms with Gasteiger partial charge in [-0.15, -0.1) is 0 Å². The minimum atomic E-state index is -0.350. The molecule has 0 unspecified atom stereocenters. The van der Waals surface area contributed by atoms with Crippen LogP contribution in [-0.4, -0.2) is 17.7 Å². The number of hydrogen-bond donors (Lipinski definition) is 3. The Bertz CT molecular complexity index is 890. The van der Waals surface area contributed by atoms with E-state index in [1.807, 2.05) is 0 Å². The van der Waals surface area contributed by atoms with E-state index >= 15 is 0 Å². The van der Waals surface area contributed by atoms with Gasteiger partial charge in [0.25, 0.3) is 0 Å². The van der Waals surface area contributed by atoms with Crippen LogP contribution in [0.2, 0.25) is 0 Å². The first-order chi connectivity index (χ1) is 13.9. The van der Waals surface area contributed by atoms with Crippen LogP contribution in [-0.2, 0) is 14.4 Å². The summed E-state index contributed by atoms with van der Waals surface area (Å²) in [4.78, 5) is 36.1. The highest BCUT2D eigenvalue weighted by Gasteiger charge is 2.30. The third-order valence-electron chi connectivity index (χ3n) is 5.03. The number of hydrogen-bond acceptors (Lipinski definition) is 3. The Morgan fingerprint density at radius 2 is 1.24 bits per heavy atom. The van der Waals surface area contributed by atoms with Crippen LogP contribution in [0.3, 0.4) is 0 Å². The van der Waals surface area contributed by atoms with Crippen molar-refractivity contribution in [3.8, 4) is 0 Å². The van der Waals surface area contributed by atoms with Crippen LogP contribution in [0.1, 0.15) is 32.6 Å². The molecule has 0 saturated heterocycles. The topological polar surface area (TPSA) is 87.3 Å². The summed E-state index contributed by atoms with van der Waals surface area (Å²) in [6.07, 6.45) is 2.49. The molecule has 0 atom stereocenters. The summed E-state index contributed by atoms with van der Waals surface area (Å²) in [6.45, 7) is 1.43. The minimum absolute atomic E-state index is 0.0811. The highest BCUT2D eigenvalue weighted by molar-refractivity contribution is 5.95. The molecule has 1 saturated carbocycles. The quantitative estimate of drug-likeness (QED) is 0.708. The zero-order valence-electron chi connectivity index (χ0n) is 16.2. The van der Waals surface area contributed by atoms with Crippen LogP contribution in [0, 0.1) is 17.7 Å². The number of rotatable bonds is 5. The first kappa shape index (κ1) is 20.5. The van der Waals surface area contributed by atoms with Gasteiger partial charge >= 0.3 is 0 Å². The van der Waals surface area contributed by atoms with Crippen molar-refractivity contribution < 1.29 is 18.8 Å². The number of halogens is 1. The molecule has 3 rings (SSSR count). The Morgan fingerprint density at radius 3 is 1.76 bits per heavy atom. The summed E-state index contributed by atoms with van der Waals surface area (Å²) in [5, 5.41) is 8.38. The fourth-order valence-corrected chi connectivity index (χ4v) is 3.52. The summed E-state index contributed by atoms with van der Waals surface area (Å²) >= 11 is 0. The number of benzene rings is 2. The van der Waals surface area contributed by atoms with Crippen molar-refractivity contribution in [3.63, 3.8) is 0 Å². The molecule has 2 aromatic carbocycles. The second-order valence-electron chi connectivity index (χ2n) is 7.30. The predicted molar refractivity (Wildman–Crippen MR) is 110 cm³/mol. The fraction of sp³-hybridized carbons (Fsp3) is 0.318. The molecule has 0 aromatic heterocycles. The Balaban J connectivity index is 1.49. The summed E-state index contributed by atoms with van der Waals surface area (Å²) in [6, 6.07) is 12.7. The molecule has 6 nitrogen and oxygen atoms in total. The van der Waals surface area contributed by atoms with Gasteiger partial charge in [-0.25, -0.2) is 4.39 Å². The van der Waals surface area contributed by atoms with Crippen molar-refractivity contribution in [1.29, 1.82) is 0 Å². The van der Waals surface area contributed by atoms with Crippen LogP contribution < -0.4 is 16.0 Å². The molecule has 0 radical (unpaired) electrons. The van der Waals surface area contributed by atoms with Crippen molar-refractivity contribution in [1.82, 2.24) is 0 Å². The third kappa shape index (κ3) is 5.88. The highest BCUT2D eigenvalue weighted by atomic mass is 19.1.